The van der Waals surface area contributed by atoms with E-state index < -0.39 is 24.2 Å². The molecular weight excluding hydrogens is 297 g/mol. The van der Waals surface area contributed by atoms with E-state index in [1.807, 2.05) is 0 Å². The summed E-state index contributed by atoms with van der Waals surface area (Å²) in [6.45, 7) is 0.720. The molecule has 0 aliphatic carbocycles. The molecule has 1 aromatic rings. The normalized spacial score (nSPS) is 20.7. The Balaban J connectivity index is 2.17. The molecule has 4 nitrogen and oxygen atoms in total. The molecule has 1 amide bonds. The van der Waals surface area contributed by atoms with E-state index in [2.05, 4.69) is 5.32 Å². The van der Waals surface area contributed by atoms with Crippen molar-refractivity contribution in [2.24, 2.45) is 0 Å². The minimum atomic E-state index is -4.55. The van der Waals surface area contributed by atoms with E-state index in [1.165, 1.54) is 31.4 Å². The van der Waals surface area contributed by atoms with Gasteiger partial charge in [0.2, 0.25) is 5.91 Å². The number of nitrogens with one attached hydrogen (secondary N) is 1. The summed E-state index contributed by atoms with van der Waals surface area (Å²) in [5.41, 5.74) is -0.0118. The summed E-state index contributed by atoms with van der Waals surface area (Å²) < 4.78 is 44.8. The third kappa shape index (κ3) is 3.71. The molecule has 0 saturated carbocycles. The largest absolute Gasteiger partial charge is 0.497 e. The molecule has 2 rings (SSSR count). The van der Waals surface area contributed by atoms with Crippen LogP contribution in [-0.4, -0.2) is 43.7 Å². The Kier molecular flexibility index (Phi) is 4.95. The van der Waals surface area contributed by atoms with E-state index in [1.54, 1.807) is 11.9 Å². The maximum absolute atomic E-state index is 13.3. The Bertz CT molecular complexity index is 517. The number of nitrogens with zero attached hydrogens (tertiary/aromatic N) is 1. The Labute approximate surface area is 127 Å². The van der Waals surface area contributed by atoms with Crippen LogP contribution in [0.3, 0.4) is 0 Å². The molecule has 1 aromatic carbocycles. The summed E-state index contributed by atoms with van der Waals surface area (Å²) in [4.78, 5) is 13.9. The highest BCUT2D eigenvalue weighted by Gasteiger charge is 2.43. The number of likely N-dealkylation sites (tertiary alicyclic amines) is 1. The van der Waals surface area contributed by atoms with Crippen LogP contribution in [0.25, 0.3) is 0 Å². The Morgan fingerprint density at radius 3 is 2.45 bits per heavy atom. The zero-order valence-corrected chi connectivity index (χ0v) is 12.5. The molecule has 1 fully saturated rings. The molecule has 1 heterocycles. The summed E-state index contributed by atoms with van der Waals surface area (Å²) in [6.07, 6.45) is -3.16. The molecule has 1 N–H and O–H groups in total. The number of likely N-dealkylation sites (N-methyl/N-ethyl adjacent to an activating group) is 1. The smallest absolute Gasteiger partial charge is 0.412 e. The average Bonchev–Trinajstić information content (AvgIpc) is 2.90. The lowest BCUT2D eigenvalue weighted by Gasteiger charge is -2.26. The van der Waals surface area contributed by atoms with Crippen LogP contribution >= 0.6 is 0 Å². The lowest BCUT2D eigenvalue weighted by molar-refractivity contribution is -0.164. The molecule has 0 aromatic heterocycles. The van der Waals surface area contributed by atoms with Crippen LogP contribution in [0.2, 0.25) is 0 Å². The van der Waals surface area contributed by atoms with Crippen LogP contribution in [0.5, 0.6) is 5.75 Å². The Hall–Kier alpha value is -1.76. The van der Waals surface area contributed by atoms with Gasteiger partial charge >= 0.3 is 6.18 Å². The average molecular weight is 316 g/mol. The van der Waals surface area contributed by atoms with Gasteiger partial charge in [0.05, 0.1) is 13.2 Å². The Morgan fingerprint density at radius 2 is 2.00 bits per heavy atom. The maximum atomic E-state index is 13.3. The van der Waals surface area contributed by atoms with Crippen molar-refractivity contribution in [1.82, 2.24) is 10.2 Å². The second-order valence-electron chi connectivity index (χ2n) is 5.40. The molecule has 0 radical (unpaired) electrons. The first-order valence-electron chi connectivity index (χ1n) is 7.04. The number of amides is 1. The number of hydrogen-bond donors (Lipinski definition) is 1. The van der Waals surface area contributed by atoms with Crippen molar-refractivity contribution in [3.05, 3.63) is 29.8 Å². The zero-order valence-electron chi connectivity index (χ0n) is 12.5. The van der Waals surface area contributed by atoms with Crippen molar-refractivity contribution in [1.29, 1.82) is 0 Å². The van der Waals surface area contributed by atoms with Gasteiger partial charge in [-0.15, -0.1) is 0 Å². The molecule has 1 aliphatic rings. The van der Waals surface area contributed by atoms with Gasteiger partial charge in [0.25, 0.3) is 0 Å². The van der Waals surface area contributed by atoms with E-state index in [-0.39, 0.29) is 5.56 Å². The highest BCUT2D eigenvalue weighted by Crippen LogP contribution is 2.33. The predicted octanol–water partition coefficient (Wildman–Crippen LogP) is 2.51. The minimum absolute atomic E-state index is 0.0118. The monoisotopic (exact) mass is 316 g/mol. The Morgan fingerprint density at radius 1 is 1.36 bits per heavy atom. The van der Waals surface area contributed by atoms with Crippen molar-refractivity contribution >= 4 is 5.91 Å². The van der Waals surface area contributed by atoms with E-state index in [0.29, 0.717) is 12.2 Å². The van der Waals surface area contributed by atoms with Gasteiger partial charge in [0, 0.05) is 0 Å². The summed E-state index contributed by atoms with van der Waals surface area (Å²) in [6, 6.07) is 3.01. The highest BCUT2D eigenvalue weighted by molar-refractivity contribution is 5.82. The van der Waals surface area contributed by atoms with Gasteiger partial charge in [0.15, 0.2) is 6.04 Å². The second-order valence-corrected chi connectivity index (χ2v) is 5.40. The zero-order chi connectivity index (χ0) is 16.3. The maximum Gasteiger partial charge on any atom is 0.412 e. The van der Waals surface area contributed by atoms with Gasteiger partial charge in [-0.3, -0.25) is 9.69 Å². The van der Waals surface area contributed by atoms with E-state index in [4.69, 9.17) is 4.74 Å². The molecule has 22 heavy (non-hydrogen) atoms. The first-order chi connectivity index (χ1) is 10.3. The number of carbonyl (C=O) groups is 1. The topological polar surface area (TPSA) is 41.6 Å². The minimum Gasteiger partial charge on any atom is -0.497 e. The molecule has 0 bridgehead atoms. The van der Waals surface area contributed by atoms with Gasteiger partial charge in [-0.1, -0.05) is 12.1 Å². The predicted molar refractivity (Wildman–Crippen MR) is 75.6 cm³/mol. The number of methoxy groups -OCH3 is 1. The van der Waals surface area contributed by atoms with Crippen molar-refractivity contribution < 1.29 is 22.7 Å². The molecule has 122 valence electrons. The van der Waals surface area contributed by atoms with Crippen LogP contribution in [0, 0.1) is 0 Å². The third-order valence-electron chi connectivity index (χ3n) is 3.89. The van der Waals surface area contributed by atoms with Crippen LogP contribution < -0.4 is 10.1 Å². The van der Waals surface area contributed by atoms with Gasteiger partial charge in [-0.25, -0.2) is 0 Å². The van der Waals surface area contributed by atoms with Crippen molar-refractivity contribution in [2.75, 3.05) is 20.7 Å². The summed E-state index contributed by atoms with van der Waals surface area (Å²) >= 11 is 0. The number of ether oxygens (including phenoxy) is 1. The van der Waals surface area contributed by atoms with Crippen LogP contribution in [0.15, 0.2) is 24.3 Å². The highest BCUT2D eigenvalue weighted by atomic mass is 19.4. The van der Waals surface area contributed by atoms with E-state index in [9.17, 15) is 18.0 Å². The number of halogens is 3. The molecule has 0 unspecified atom stereocenters. The quantitative estimate of drug-likeness (QED) is 0.928. The number of alkyl halides is 3. The molecule has 1 aliphatic heterocycles. The fourth-order valence-electron chi connectivity index (χ4n) is 2.63. The molecule has 1 saturated heterocycles. The lowest BCUT2D eigenvalue weighted by atomic mass is 10.1. The summed E-state index contributed by atoms with van der Waals surface area (Å²) in [7, 11) is 3.18. The fourth-order valence-corrected chi connectivity index (χ4v) is 2.63. The summed E-state index contributed by atoms with van der Waals surface area (Å²) in [5.74, 6) is -0.121. The first kappa shape index (κ1) is 16.6. The molecule has 0 spiro atoms. The van der Waals surface area contributed by atoms with Gasteiger partial charge in [-0.05, 0) is 44.1 Å². The van der Waals surface area contributed by atoms with Crippen LogP contribution in [-0.2, 0) is 4.79 Å². The summed E-state index contributed by atoms with van der Waals surface area (Å²) in [5, 5.41) is 2.14. The standard InChI is InChI=1S/C15H19F3N2O2/c1-20-9-3-4-12(20)14(21)19-13(15(16,17)18)10-5-7-11(22-2)8-6-10/h5-8,12-13H,3-4,9H2,1-2H3,(H,19,21)/t12-,13+/m1/s1. The molecule has 7 heteroatoms. The number of hydrogen-bond acceptors (Lipinski definition) is 3. The van der Waals surface area contributed by atoms with E-state index in [0.717, 1.165) is 13.0 Å². The van der Waals surface area contributed by atoms with Crippen molar-refractivity contribution in [3.8, 4) is 5.75 Å². The van der Waals surface area contributed by atoms with Crippen LogP contribution in [0.4, 0.5) is 13.2 Å². The van der Waals surface area contributed by atoms with Crippen molar-refractivity contribution in [3.63, 3.8) is 0 Å². The molecular formula is C15H19F3N2O2. The third-order valence-corrected chi connectivity index (χ3v) is 3.89. The SMILES string of the molecule is COc1ccc([C@H](NC(=O)[C@H]2CCCN2C)C(F)(F)F)cc1. The number of rotatable bonds is 4. The number of benzene rings is 1. The van der Waals surface area contributed by atoms with Crippen molar-refractivity contribution in [2.45, 2.75) is 31.1 Å². The fraction of sp³-hybridized carbons (Fsp3) is 0.533. The van der Waals surface area contributed by atoms with Gasteiger partial charge < -0.3 is 10.1 Å². The van der Waals surface area contributed by atoms with Gasteiger partial charge in [-0.2, -0.15) is 13.2 Å². The lowest BCUT2D eigenvalue weighted by Crippen LogP contribution is -2.46. The van der Waals surface area contributed by atoms with Crippen LogP contribution in [0.1, 0.15) is 24.4 Å². The number of carbonyl (C=O) groups excluding carboxylic acids is 1. The van der Waals surface area contributed by atoms with E-state index >= 15 is 0 Å². The first-order valence-corrected chi connectivity index (χ1v) is 7.04. The second kappa shape index (κ2) is 6.56. The molecule has 2 atom stereocenters. The van der Waals surface area contributed by atoms with Gasteiger partial charge in [0.1, 0.15) is 5.75 Å².